The molecule has 6 heteroatoms. The second kappa shape index (κ2) is 6.49. The molecule has 0 radical (unpaired) electrons. The Morgan fingerprint density at radius 3 is 2.78 bits per heavy atom. The molecule has 0 aromatic carbocycles. The summed E-state index contributed by atoms with van der Waals surface area (Å²) in [6, 6.07) is 0. The van der Waals surface area contributed by atoms with Gasteiger partial charge in [-0.3, -0.25) is 4.79 Å². The standard InChI is InChI=1S/C12H18N2O3S/c1-3-6-12(2,11(16)17)14-10(15)5-4-9-7-18-8-13-9/h7-8H,3-6H2,1-2H3,(H,14,15)(H,16,17). The third kappa shape index (κ3) is 4.10. The first-order valence-electron chi connectivity index (χ1n) is 5.89. The molecule has 5 nitrogen and oxygen atoms in total. The number of nitrogens with one attached hydrogen (secondary N) is 1. The van der Waals surface area contributed by atoms with Crippen molar-refractivity contribution in [2.75, 3.05) is 0 Å². The lowest BCUT2D eigenvalue weighted by Crippen LogP contribution is -2.52. The van der Waals surface area contributed by atoms with Gasteiger partial charge < -0.3 is 10.4 Å². The lowest BCUT2D eigenvalue weighted by molar-refractivity contribution is -0.147. The van der Waals surface area contributed by atoms with Crippen LogP contribution in [0.15, 0.2) is 10.9 Å². The van der Waals surface area contributed by atoms with Crippen molar-refractivity contribution in [3.63, 3.8) is 0 Å². The van der Waals surface area contributed by atoms with E-state index in [9.17, 15) is 9.59 Å². The summed E-state index contributed by atoms with van der Waals surface area (Å²) in [5.74, 6) is -1.24. The molecule has 1 aromatic heterocycles. The molecule has 1 unspecified atom stereocenters. The number of amides is 1. The number of carboxylic acid groups (broad SMARTS) is 1. The zero-order valence-corrected chi connectivity index (χ0v) is 11.4. The predicted octanol–water partition coefficient (Wildman–Crippen LogP) is 1.84. The molecule has 1 amide bonds. The van der Waals surface area contributed by atoms with Crippen molar-refractivity contribution in [3.8, 4) is 0 Å². The first-order chi connectivity index (χ1) is 8.48. The molecule has 0 saturated heterocycles. The van der Waals surface area contributed by atoms with Gasteiger partial charge in [0.2, 0.25) is 5.91 Å². The molecule has 1 heterocycles. The molecule has 0 bridgehead atoms. The first-order valence-corrected chi connectivity index (χ1v) is 6.83. The molecule has 1 aromatic rings. The van der Waals surface area contributed by atoms with Crippen LogP contribution in [0.25, 0.3) is 0 Å². The number of hydrogen-bond acceptors (Lipinski definition) is 4. The molecular formula is C12H18N2O3S. The smallest absolute Gasteiger partial charge is 0.329 e. The Bertz CT molecular complexity index is 405. The largest absolute Gasteiger partial charge is 0.480 e. The number of nitrogens with zero attached hydrogens (tertiary/aromatic N) is 1. The van der Waals surface area contributed by atoms with E-state index in [4.69, 9.17) is 5.11 Å². The van der Waals surface area contributed by atoms with Crippen molar-refractivity contribution in [1.29, 1.82) is 0 Å². The van der Waals surface area contributed by atoms with Crippen LogP contribution in [0.4, 0.5) is 0 Å². The van der Waals surface area contributed by atoms with E-state index in [0.29, 0.717) is 19.3 Å². The zero-order valence-electron chi connectivity index (χ0n) is 10.6. The fourth-order valence-electron chi connectivity index (χ4n) is 1.70. The maximum Gasteiger partial charge on any atom is 0.329 e. The van der Waals surface area contributed by atoms with Crippen molar-refractivity contribution >= 4 is 23.2 Å². The van der Waals surface area contributed by atoms with Crippen LogP contribution < -0.4 is 5.32 Å². The lowest BCUT2D eigenvalue weighted by Gasteiger charge is -2.25. The third-order valence-corrected chi connectivity index (χ3v) is 3.36. The molecule has 0 spiro atoms. The van der Waals surface area contributed by atoms with Crippen molar-refractivity contribution in [2.45, 2.75) is 45.1 Å². The van der Waals surface area contributed by atoms with Crippen LogP contribution in [-0.2, 0) is 16.0 Å². The van der Waals surface area contributed by atoms with E-state index < -0.39 is 11.5 Å². The van der Waals surface area contributed by atoms with Gasteiger partial charge in [-0.1, -0.05) is 13.3 Å². The van der Waals surface area contributed by atoms with Gasteiger partial charge in [-0.2, -0.15) is 0 Å². The number of carboxylic acids is 1. The summed E-state index contributed by atoms with van der Waals surface area (Å²) in [6.07, 6.45) is 1.92. The van der Waals surface area contributed by atoms with Crippen LogP contribution in [-0.4, -0.2) is 27.5 Å². The van der Waals surface area contributed by atoms with Gasteiger partial charge in [-0.05, 0) is 19.8 Å². The number of aryl methyl sites for hydroxylation is 1. The normalized spacial score (nSPS) is 13.9. The summed E-state index contributed by atoms with van der Waals surface area (Å²) in [5.41, 5.74) is 1.40. The number of carbonyl (C=O) groups is 2. The third-order valence-electron chi connectivity index (χ3n) is 2.73. The number of aliphatic carboxylic acids is 1. The highest BCUT2D eigenvalue weighted by Crippen LogP contribution is 2.13. The molecule has 1 atom stereocenters. The van der Waals surface area contributed by atoms with E-state index in [1.54, 1.807) is 12.4 Å². The van der Waals surface area contributed by atoms with E-state index in [1.807, 2.05) is 12.3 Å². The van der Waals surface area contributed by atoms with Crippen LogP contribution in [0.1, 0.15) is 38.8 Å². The summed E-state index contributed by atoms with van der Waals surface area (Å²) in [6.45, 7) is 3.43. The Hall–Kier alpha value is -1.43. The Labute approximate surface area is 110 Å². The summed E-state index contributed by atoms with van der Waals surface area (Å²) < 4.78 is 0. The average molecular weight is 270 g/mol. The molecule has 0 fully saturated rings. The molecular weight excluding hydrogens is 252 g/mol. The summed E-state index contributed by atoms with van der Waals surface area (Å²) in [5, 5.41) is 13.6. The molecule has 1 rings (SSSR count). The minimum Gasteiger partial charge on any atom is -0.480 e. The minimum atomic E-state index is -1.17. The van der Waals surface area contributed by atoms with Crippen molar-refractivity contribution in [2.24, 2.45) is 0 Å². The number of rotatable bonds is 7. The van der Waals surface area contributed by atoms with Gasteiger partial charge in [-0.15, -0.1) is 11.3 Å². The average Bonchev–Trinajstić information content (AvgIpc) is 2.79. The zero-order chi connectivity index (χ0) is 13.6. The van der Waals surface area contributed by atoms with Gasteiger partial charge in [-0.25, -0.2) is 9.78 Å². The second-order valence-corrected chi connectivity index (χ2v) is 5.13. The molecule has 0 aliphatic rings. The van der Waals surface area contributed by atoms with Crippen LogP contribution >= 0.6 is 11.3 Å². The van der Waals surface area contributed by atoms with Gasteiger partial charge in [0.1, 0.15) is 5.54 Å². The summed E-state index contributed by atoms with van der Waals surface area (Å²) >= 11 is 1.48. The maximum absolute atomic E-state index is 11.7. The quantitative estimate of drug-likeness (QED) is 0.792. The summed E-state index contributed by atoms with van der Waals surface area (Å²) in [4.78, 5) is 27.0. The fourth-order valence-corrected chi connectivity index (χ4v) is 2.29. The van der Waals surface area contributed by atoms with Crippen LogP contribution in [0.3, 0.4) is 0 Å². The Balaban J connectivity index is 2.49. The molecule has 0 saturated carbocycles. The number of aromatic nitrogens is 1. The molecule has 0 aliphatic heterocycles. The van der Waals surface area contributed by atoms with E-state index in [0.717, 1.165) is 5.69 Å². The van der Waals surface area contributed by atoms with E-state index >= 15 is 0 Å². The highest BCUT2D eigenvalue weighted by Gasteiger charge is 2.33. The molecule has 100 valence electrons. The minimum absolute atomic E-state index is 0.249. The molecule has 2 N–H and O–H groups in total. The topological polar surface area (TPSA) is 79.3 Å². The maximum atomic E-state index is 11.7. The van der Waals surface area contributed by atoms with E-state index in [-0.39, 0.29) is 12.3 Å². The highest BCUT2D eigenvalue weighted by atomic mass is 32.1. The van der Waals surface area contributed by atoms with Gasteiger partial charge in [0.05, 0.1) is 11.2 Å². The lowest BCUT2D eigenvalue weighted by atomic mass is 9.96. The first kappa shape index (κ1) is 14.6. The number of carbonyl (C=O) groups excluding carboxylic acids is 1. The van der Waals surface area contributed by atoms with E-state index in [2.05, 4.69) is 10.3 Å². The van der Waals surface area contributed by atoms with Crippen molar-refractivity contribution in [1.82, 2.24) is 10.3 Å². The Kier molecular flexibility index (Phi) is 5.27. The van der Waals surface area contributed by atoms with Gasteiger partial charge >= 0.3 is 5.97 Å². The van der Waals surface area contributed by atoms with Gasteiger partial charge in [0.15, 0.2) is 0 Å². The molecule has 0 aliphatic carbocycles. The second-order valence-electron chi connectivity index (χ2n) is 4.42. The van der Waals surface area contributed by atoms with Gasteiger partial charge in [0, 0.05) is 11.8 Å². The van der Waals surface area contributed by atoms with Gasteiger partial charge in [0.25, 0.3) is 0 Å². The highest BCUT2D eigenvalue weighted by molar-refractivity contribution is 7.07. The molecule has 18 heavy (non-hydrogen) atoms. The predicted molar refractivity (Wildman–Crippen MR) is 69.5 cm³/mol. The number of hydrogen-bond donors (Lipinski definition) is 2. The van der Waals surface area contributed by atoms with Crippen LogP contribution in [0.2, 0.25) is 0 Å². The van der Waals surface area contributed by atoms with Crippen LogP contribution in [0.5, 0.6) is 0 Å². The van der Waals surface area contributed by atoms with E-state index in [1.165, 1.54) is 11.3 Å². The SMILES string of the molecule is CCCC(C)(NC(=O)CCc1cscn1)C(=O)O. The fraction of sp³-hybridized carbons (Fsp3) is 0.583. The number of thiazole rings is 1. The van der Waals surface area contributed by atoms with Crippen molar-refractivity contribution in [3.05, 3.63) is 16.6 Å². The van der Waals surface area contributed by atoms with Crippen molar-refractivity contribution < 1.29 is 14.7 Å². The Morgan fingerprint density at radius 2 is 2.28 bits per heavy atom. The monoisotopic (exact) mass is 270 g/mol. The summed E-state index contributed by atoms with van der Waals surface area (Å²) in [7, 11) is 0. The van der Waals surface area contributed by atoms with Crippen LogP contribution in [0, 0.1) is 0 Å². The Morgan fingerprint density at radius 1 is 1.56 bits per heavy atom.